The van der Waals surface area contributed by atoms with E-state index in [9.17, 15) is 4.39 Å². The molecule has 1 aromatic carbocycles. The topological polar surface area (TPSA) is 41.3 Å². The van der Waals surface area contributed by atoms with Gasteiger partial charge in [-0.15, -0.1) is 0 Å². The summed E-state index contributed by atoms with van der Waals surface area (Å²) in [4.78, 5) is 6.15. The first-order chi connectivity index (χ1) is 8.25. The van der Waals surface area contributed by atoms with E-state index >= 15 is 0 Å². The van der Waals surface area contributed by atoms with Gasteiger partial charge in [0.25, 0.3) is 0 Å². The Morgan fingerprint density at radius 1 is 1.35 bits per heavy atom. The van der Waals surface area contributed by atoms with E-state index in [-0.39, 0.29) is 11.4 Å². The molecule has 0 radical (unpaired) electrons. The van der Waals surface area contributed by atoms with Crippen molar-refractivity contribution < 1.29 is 8.81 Å². The summed E-state index contributed by atoms with van der Waals surface area (Å²) >= 11 is 0. The molecule has 1 aliphatic heterocycles. The van der Waals surface area contributed by atoms with Gasteiger partial charge in [0.05, 0.1) is 5.69 Å². The first kappa shape index (κ1) is 10.5. The number of aryl methyl sites for hydroxylation is 1. The van der Waals surface area contributed by atoms with Crippen molar-refractivity contribution in [1.29, 1.82) is 0 Å². The third kappa shape index (κ3) is 1.76. The molecule has 0 aliphatic carbocycles. The van der Waals surface area contributed by atoms with Crippen LogP contribution < -0.4 is 10.2 Å². The predicted octanol–water partition coefficient (Wildman–Crippen LogP) is 1.68. The van der Waals surface area contributed by atoms with Gasteiger partial charge in [-0.1, -0.05) is 0 Å². The van der Waals surface area contributed by atoms with Crippen LogP contribution in [0.25, 0.3) is 11.1 Å². The lowest BCUT2D eigenvalue weighted by Gasteiger charge is -2.29. The highest BCUT2D eigenvalue weighted by molar-refractivity contribution is 5.78. The first-order valence-corrected chi connectivity index (χ1v) is 5.77. The molecule has 1 aromatic heterocycles. The summed E-state index contributed by atoms with van der Waals surface area (Å²) in [6.45, 7) is 5.12. The Morgan fingerprint density at radius 2 is 2.12 bits per heavy atom. The second kappa shape index (κ2) is 4.00. The number of hydrogen-bond acceptors (Lipinski definition) is 4. The summed E-state index contributed by atoms with van der Waals surface area (Å²) in [7, 11) is 0. The number of aromatic nitrogens is 1. The molecular formula is C12H14FN3O. The molecule has 0 saturated carbocycles. The highest BCUT2D eigenvalue weighted by Crippen LogP contribution is 2.27. The van der Waals surface area contributed by atoms with Crippen molar-refractivity contribution in [2.45, 2.75) is 6.92 Å². The lowest BCUT2D eigenvalue weighted by molar-refractivity contribution is 0.522. The average Bonchev–Trinajstić information content (AvgIpc) is 2.72. The maximum Gasteiger partial charge on any atom is 0.192 e. The van der Waals surface area contributed by atoms with E-state index in [1.165, 1.54) is 0 Å². The van der Waals surface area contributed by atoms with Crippen LogP contribution in [0.2, 0.25) is 0 Å². The van der Waals surface area contributed by atoms with Crippen molar-refractivity contribution in [3.05, 3.63) is 23.8 Å². The number of piperazine rings is 1. The van der Waals surface area contributed by atoms with E-state index < -0.39 is 0 Å². The smallest absolute Gasteiger partial charge is 0.192 e. The lowest BCUT2D eigenvalue weighted by atomic mass is 10.2. The molecule has 0 spiro atoms. The fraction of sp³-hybridized carbons (Fsp3) is 0.417. The Balaban J connectivity index is 2.06. The van der Waals surface area contributed by atoms with Gasteiger partial charge in [-0.3, -0.25) is 0 Å². The minimum Gasteiger partial charge on any atom is -0.438 e. The molecule has 2 heterocycles. The highest BCUT2D eigenvalue weighted by atomic mass is 19.1. The number of hydrogen-bond donors (Lipinski definition) is 1. The summed E-state index contributed by atoms with van der Waals surface area (Å²) in [6, 6.07) is 3.59. The van der Waals surface area contributed by atoms with Gasteiger partial charge in [-0.2, -0.15) is 0 Å². The number of anilines is 1. The van der Waals surface area contributed by atoms with Gasteiger partial charge in [0, 0.05) is 33.1 Å². The molecule has 1 saturated heterocycles. The van der Waals surface area contributed by atoms with Gasteiger partial charge < -0.3 is 14.6 Å². The molecule has 5 heteroatoms. The first-order valence-electron chi connectivity index (χ1n) is 5.77. The summed E-state index contributed by atoms with van der Waals surface area (Å²) in [6.07, 6.45) is 0. The van der Waals surface area contributed by atoms with Crippen LogP contribution in [0.5, 0.6) is 0 Å². The van der Waals surface area contributed by atoms with Gasteiger partial charge >= 0.3 is 0 Å². The Labute approximate surface area is 98.4 Å². The highest BCUT2D eigenvalue weighted by Gasteiger charge is 2.18. The van der Waals surface area contributed by atoms with E-state index in [0.717, 1.165) is 26.2 Å². The third-order valence-corrected chi connectivity index (χ3v) is 3.04. The Bertz CT molecular complexity index is 546. The summed E-state index contributed by atoms with van der Waals surface area (Å²) in [5, 5.41) is 3.25. The van der Waals surface area contributed by atoms with Crippen molar-refractivity contribution in [3.63, 3.8) is 0 Å². The third-order valence-electron chi connectivity index (χ3n) is 3.04. The van der Waals surface area contributed by atoms with Crippen LogP contribution in [0, 0.1) is 12.7 Å². The minimum atomic E-state index is -0.301. The molecule has 1 N–H and O–H groups in total. The molecule has 1 fully saturated rings. The van der Waals surface area contributed by atoms with Crippen LogP contribution in [0.1, 0.15) is 5.89 Å². The van der Waals surface area contributed by atoms with Crippen LogP contribution in [-0.4, -0.2) is 31.2 Å². The number of nitrogens with zero attached hydrogens (tertiary/aromatic N) is 2. The van der Waals surface area contributed by atoms with Gasteiger partial charge in [0.1, 0.15) is 5.52 Å². The van der Waals surface area contributed by atoms with Crippen LogP contribution in [0.3, 0.4) is 0 Å². The normalized spacial score (nSPS) is 16.7. The molecular weight excluding hydrogens is 221 g/mol. The second-order valence-corrected chi connectivity index (χ2v) is 4.22. The number of rotatable bonds is 1. The van der Waals surface area contributed by atoms with E-state index in [2.05, 4.69) is 10.3 Å². The van der Waals surface area contributed by atoms with Crippen LogP contribution in [-0.2, 0) is 0 Å². The zero-order valence-corrected chi connectivity index (χ0v) is 9.66. The summed E-state index contributed by atoms with van der Waals surface area (Å²) in [5.41, 5.74) is 1.45. The van der Waals surface area contributed by atoms with E-state index in [4.69, 9.17) is 4.42 Å². The maximum atomic E-state index is 14.3. The van der Waals surface area contributed by atoms with E-state index in [1.807, 2.05) is 11.0 Å². The molecule has 17 heavy (non-hydrogen) atoms. The van der Waals surface area contributed by atoms with Crippen molar-refractivity contribution in [3.8, 4) is 0 Å². The molecule has 2 aromatic rings. The van der Waals surface area contributed by atoms with Crippen molar-refractivity contribution in [2.24, 2.45) is 0 Å². The number of benzene rings is 1. The number of nitrogens with one attached hydrogen (secondary N) is 1. The number of fused-ring (bicyclic) bond motifs is 1. The average molecular weight is 235 g/mol. The monoisotopic (exact) mass is 235 g/mol. The van der Waals surface area contributed by atoms with Gasteiger partial charge in [-0.05, 0) is 12.1 Å². The second-order valence-electron chi connectivity index (χ2n) is 4.22. The number of halogens is 1. The molecule has 0 amide bonds. The quantitative estimate of drug-likeness (QED) is 0.816. The molecule has 0 unspecified atom stereocenters. The summed E-state index contributed by atoms with van der Waals surface area (Å²) in [5.74, 6) is 0.196. The molecule has 0 bridgehead atoms. The van der Waals surface area contributed by atoms with E-state index in [1.54, 1.807) is 13.0 Å². The molecule has 0 atom stereocenters. The number of oxazole rings is 1. The van der Waals surface area contributed by atoms with Gasteiger partial charge in [0.2, 0.25) is 0 Å². The predicted molar refractivity (Wildman–Crippen MR) is 63.8 cm³/mol. The van der Waals surface area contributed by atoms with Crippen molar-refractivity contribution >= 4 is 16.8 Å². The lowest BCUT2D eigenvalue weighted by Crippen LogP contribution is -2.43. The van der Waals surface area contributed by atoms with Gasteiger partial charge in [0.15, 0.2) is 17.3 Å². The molecule has 1 aliphatic rings. The SMILES string of the molecule is Cc1nc2ccc(N3CCNCC3)c(F)c2o1. The maximum absolute atomic E-state index is 14.3. The van der Waals surface area contributed by atoms with Crippen molar-refractivity contribution in [1.82, 2.24) is 10.3 Å². The Morgan fingerprint density at radius 3 is 2.88 bits per heavy atom. The zero-order chi connectivity index (χ0) is 11.8. The van der Waals surface area contributed by atoms with Crippen LogP contribution in [0.15, 0.2) is 16.5 Å². The van der Waals surface area contributed by atoms with Crippen molar-refractivity contribution in [2.75, 3.05) is 31.1 Å². The fourth-order valence-electron chi connectivity index (χ4n) is 2.21. The molecule has 3 rings (SSSR count). The summed E-state index contributed by atoms with van der Waals surface area (Å²) < 4.78 is 19.6. The Hall–Kier alpha value is -1.62. The minimum absolute atomic E-state index is 0.263. The molecule has 90 valence electrons. The van der Waals surface area contributed by atoms with Crippen LogP contribution >= 0.6 is 0 Å². The zero-order valence-electron chi connectivity index (χ0n) is 9.66. The van der Waals surface area contributed by atoms with E-state index in [0.29, 0.717) is 17.1 Å². The van der Waals surface area contributed by atoms with Gasteiger partial charge in [-0.25, -0.2) is 9.37 Å². The van der Waals surface area contributed by atoms with Crippen LogP contribution in [0.4, 0.5) is 10.1 Å². The standard InChI is InChI=1S/C12H14FN3O/c1-8-15-9-2-3-10(11(13)12(9)17-8)16-6-4-14-5-7-16/h2-3,14H,4-7H2,1H3. The largest absolute Gasteiger partial charge is 0.438 e. The molecule has 4 nitrogen and oxygen atoms in total. The fourth-order valence-corrected chi connectivity index (χ4v) is 2.21. The Kier molecular flexibility index (Phi) is 2.48.